The van der Waals surface area contributed by atoms with E-state index in [2.05, 4.69) is 41.4 Å². The van der Waals surface area contributed by atoms with Crippen molar-refractivity contribution in [3.8, 4) is 23.3 Å². The van der Waals surface area contributed by atoms with E-state index < -0.39 is 0 Å². The minimum Gasteiger partial charge on any atom is -0.256 e. The molecule has 0 radical (unpaired) electrons. The molecule has 0 amide bonds. The first-order chi connectivity index (χ1) is 12.8. The molecule has 118 valence electrons. The smallest absolute Gasteiger partial charge is 0.138 e. The van der Waals surface area contributed by atoms with Gasteiger partial charge in [0, 0.05) is 28.3 Å². The van der Waals surface area contributed by atoms with Crippen LogP contribution in [-0.2, 0) is 0 Å². The molecule has 0 aliphatic heterocycles. The molecule has 3 heteroatoms. The number of allylic oxidation sites excluding steroid dienone is 1. The normalized spacial score (nSPS) is 11.7. The Balaban J connectivity index is 2.07. The van der Waals surface area contributed by atoms with E-state index in [-0.39, 0.29) is 5.57 Å². The molecule has 0 spiro atoms. The Morgan fingerprint density at radius 1 is 0.769 bits per heavy atom. The van der Waals surface area contributed by atoms with Crippen LogP contribution in [0.1, 0.15) is 11.1 Å². The minimum absolute atomic E-state index is 0.123. The van der Waals surface area contributed by atoms with E-state index in [1.807, 2.05) is 36.4 Å². The highest BCUT2D eigenvalue weighted by atomic mass is 14.7. The summed E-state index contributed by atoms with van der Waals surface area (Å²) >= 11 is 0. The van der Waals surface area contributed by atoms with Crippen molar-refractivity contribution in [1.29, 1.82) is 10.5 Å². The fourth-order valence-electron chi connectivity index (χ4n) is 3.90. The fraction of sp³-hybridized carbons (Fsp3) is 0. The van der Waals surface area contributed by atoms with Gasteiger partial charge in [-0.2, -0.15) is 10.5 Å². The van der Waals surface area contributed by atoms with Gasteiger partial charge in [-0.15, -0.1) is 0 Å². The standard InChI is InChI=1S/C23H11N3/c24-11-15(12-25)21-17-7-3-4-8-18(17)22-19(21)13-26-20-10-9-14-5-1-2-6-16(14)23(20)22/h1-10,13H. The van der Waals surface area contributed by atoms with Crippen molar-refractivity contribution < 1.29 is 0 Å². The first-order valence-corrected chi connectivity index (χ1v) is 8.28. The first-order valence-electron chi connectivity index (χ1n) is 8.28. The van der Waals surface area contributed by atoms with Crippen molar-refractivity contribution >= 4 is 27.2 Å². The van der Waals surface area contributed by atoms with E-state index >= 15 is 0 Å². The lowest BCUT2D eigenvalue weighted by Gasteiger charge is -2.09. The number of nitriles is 2. The van der Waals surface area contributed by atoms with Crippen LogP contribution in [0.5, 0.6) is 0 Å². The van der Waals surface area contributed by atoms with E-state index in [1.54, 1.807) is 6.20 Å². The summed E-state index contributed by atoms with van der Waals surface area (Å²) in [5.74, 6) is 0. The van der Waals surface area contributed by atoms with E-state index in [4.69, 9.17) is 0 Å². The lowest BCUT2D eigenvalue weighted by Crippen LogP contribution is -1.90. The molecule has 4 aromatic rings. The number of pyridine rings is 1. The van der Waals surface area contributed by atoms with Gasteiger partial charge in [-0.05, 0) is 28.0 Å². The molecule has 0 fully saturated rings. The minimum atomic E-state index is 0.123. The van der Waals surface area contributed by atoms with Gasteiger partial charge in [0.25, 0.3) is 0 Å². The monoisotopic (exact) mass is 329 g/mol. The van der Waals surface area contributed by atoms with Crippen LogP contribution >= 0.6 is 0 Å². The maximum absolute atomic E-state index is 9.47. The van der Waals surface area contributed by atoms with E-state index in [0.717, 1.165) is 43.9 Å². The maximum Gasteiger partial charge on any atom is 0.138 e. The second kappa shape index (κ2) is 5.28. The molecule has 3 aromatic carbocycles. The number of rotatable bonds is 0. The molecule has 1 heterocycles. The van der Waals surface area contributed by atoms with Crippen molar-refractivity contribution in [2.45, 2.75) is 0 Å². The Hall–Kier alpha value is -3.95. The second-order valence-electron chi connectivity index (χ2n) is 6.25. The summed E-state index contributed by atoms with van der Waals surface area (Å²) in [6, 6.07) is 24.4. The summed E-state index contributed by atoms with van der Waals surface area (Å²) < 4.78 is 0. The highest BCUT2D eigenvalue weighted by Gasteiger charge is 2.29. The average molecular weight is 329 g/mol. The maximum atomic E-state index is 9.47. The highest BCUT2D eigenvalue weighted by Crippen LogP contribution is 2.49. The summed E-state index contributed by atoms with van der Waals surface area (Å²) in [5, 5.41) is 22.3. The van der Waals surface area contributed by atoms with Gasteiger partial charge in [0.15, 0.2) is 0 Å². The van der Waals surface area contributed by atoms with E-state index in [1.165, 1.54) is 0 Å². The van der Waals surface area contributed by atoms with Gasteiger partial charge < -0.3 is 0 Å². The predicted octanol–water partition coefficient (Wildman–Crippen LogP) is 5.22. The second-order valence-corrected chi connectivity index (χ2v) is 6.25. The Labute approximate surface area is 150 Å². The Morgan fingerprint density at radius 3 is 2.31 bits per heavy atom. The summed E-state index contributed by atoms with van der Waals surface area (Å²) in [7, 11) is 0. The largest absolute Gasteiger partial charge is 0.256 e. The number of hydrogen-bond acceptors (Lipinski definition) is 3. The first kappa shape index (κ1) is 14.4. The van der Waals surface area contributed by atoms with Gasteiger partial charge in [0.05, 0.1) is 5.52 Å². The molecular weight excluding hydrogens is 318 g/mol. The number of nitrogens with zero attached hydrogens (tertiary/aromatic N) is 3. The number of aromatic nitrogens is 1. The van der Waals surface area contributed by atoms with Crippen LogP contribution in [0.15, 0.2) is 72.4 Å². The molecule has 1 aromatic heterocycles. The van der Waals surface area contributed by atoms with Crippen LogP contribution in [0.2, 0.25) is 0 Å². The molecular formula is C23H11N3. The lowest BCUT2D eigenvalue weighted by atomic mass is 9.96. The summed E-state index contributed by atoms with van der Waals surface area (Å²) in [6.07, 6.45) is 1.79. The Bertz CT molecular complexity index is 1330. The van der Waals surface area contributed by atoms with Crippen LogP contribution in [0.4, 0.5) is 0 Å². The third-order valence-corrected chi connectivity index (χ3v) is 4.97. The average Bonchev–Trinajstić information content (AvgIpc) is 3.03. The topological polar surface area (TPSA) is 60.5 Å². The summed E-state index contributed by atoms with van der Waals surface area (Å²) in [4.78, 5) is 4.63. The van der Waals surface area contributed by atoms with E-state index in [0.29, 0.717) is 5.57 Å². The van der Waals surface area contributed by atoms with Crippen molar-refractivity contribution in [2.24, 2.45) is 0 Å². The zero-order valence-corrected chi connectivity index (χ0v) is 13.7. The molecule has 1 aliphatic rings. The molecule has 0 bridgehead atoms. The number of fused-ring (bicyclic) bond motifs is 7. The molecule has 0 unspecified atom stereocenters. The lowest BCUT2D eigenvalue weighted by molar-refractivity contribution is 1.40. The highest BCUT2D eigenvalue weighted by molar-refractivity contribution is 6.19. The van der Waals surface area contributed by atoms with Crippen molar-refractivity contribution in [3.05, 3.63) is 83.6 Å². The molecule has 5 rings (SSSR count). The molecule has 0 atom stereocenters. The SMILES string of the molecule is N#CC(C#N)=C1c2ccccc2-c2c1cnc1ccc3ccccc3c21. The molecule has 26 heavy (non-hydrogen) atoms. The van der Waals surface area contributed by atoms with Gasteiger partial charge in [-0.1, -0.05) is 54.6 Å². The van der Waals surface area contributed by atoms with Gasteiger partial charge in [0.1, 0.15) is 17.7 Å². The zero-order chi connectivity index (χ0) is 17.7. The number of hydrogen-bond donors (Lipinski definition) is 0. The van der Waals surface area contributed by atoms with Gasteiger partial charge in [-0.3, -0.25) is 4.98 Å². The Morgan fingerprint density at radius 2 is 1.50 bits per heavy atom. The molecule has 3 nitrogen and oxygen atoms in total. The van der Waals surface area contributed by atoms with Crippen LogP contribution in [0.3, 0.4) is 0 Å². The van der Waals surface area contributed by atoms with Crippen LogP contribution in [-0.4, -0.2) is 4.98 Å². The van der Waals surface area contributed by atoms with Crippen LogP contribution < -0.4 is 0 Å². The van der Waals surface area contributed by atoms with Crippen molar-refractivity contribution in [2.75, 3.05) is 0 Å². The quantitative estimate of drug-likeness (QED) is 0.289. The van der Waals surface area contributed by atoms with Crippen molar-refractivity contribution in [1.82, 2.24) is 4.98 Å². The fourth-order valence-corrected chi connectivity index (χ4v) is 3.90. The molecule has 1 aliphatic carbocycles. The third kappa shape index (κ3) is 1.77. The van der Waals surface area contributed by atoms with Crippen molar-refractivity contribution in [3.63, 3.8) is 0 Å². The Kier molecular flexibility index (Phi) is 2.92. The zero-order valence-electron chi connectivity index (χ0n) is 13.7. The predicted molar refractivity (Wildman–Crippen MR) is 102 cm³/mol. The molecule has 0 saturated carbocycles. The van der Waals surface area contributed by atoms with Gasteiger partial charge >= 0.3 is 0 Å². The van der Waals surface area contributed by atoms with Crippen LogP contribution in [0, 0.1) is 22.7 Å². The number of benzene rings is 3. The molecule has 0 N–H and O–H groups in total. The third-order valence-electron chi connectivity index (χ3n) is 4.97. The van der Waals surface area contributed by atoms with E-state index in [9.17, 15) is 10.5 Å². The van der Waals surface area contributed by atoms with Crippen LogP contribution in [0.25, 0.3) is 38.4 Å². The molecule has 0 saturated heterocycles. The summed E-state index contributed by atoms with van der Waals surface area (Å²) in [5.41, 5.74) is 5.59. The van der Waals surface area contributed by atoms with Gasteiger partial charge in [-0.25, -0.2) is 0 Å². The summed E-state index contributed by atoms with van der Waals surface area (Å²) in [6.45, 7) is 0. The van der Waals surface area contributed by atoms with Gasteiger partial charge in [0.2, 0.25) is 0 Å².